The van der Waals surface area contributed by atoms with Crippen LogP contribution in [0.1, 0.15) is 218 Å². The van der Waals surface area contributed by atoms with E-state index >= 15 is 0 Å². The lowest BCUT2D eigenvalue weighted by Crippen LogP contribution is -2.22. The predicted molar refractivity (Wildman–Crippen MR) is 535 cm³/mol. The second kappa shape index (κ2) is 44.0. The summed E-state index contributed by atoms with van der Waals surface area (Å²) in [5.74, 6) is 3.83. The molecule has 5 aliphatic heterocycles. The summed E-state index contributed by atoms with van der Waals surface area (Å²) in [6.07, 6.45) is 25.5. The molecule has 0 radical (unpaired) electrons. The number of thiazole rings is 4. The molecule has 0 bridgehead atoms. The van der Waals surface area contributed by atoms with Crippen molar-refractivity contribution in [3.05, 3.63) is 188 Å². The van der Waals surface area contributed by atoms with Crippen LogP contribution in [0.4, 0.5) is 13.2 Å². The highest BCUT2D eigenvalue weighted by Gasteiger charge is 2.34. The van der Waals surface area contributed by atoms with Crippen molar-refractivity contribution in [3.8, 4) is 53.7 Å². The van der Waals surface area contributed by atoms with Crippen LogP contribution in [0.3, 0.4) is 0 Å². The Kier molecular flexibility index (Phi) is 32.2. The SMILES string of the molecule is CC(C)CCCC(=O)Cc1sc2c(c1-c1nc3cc(-n4ccnc4)ccc3s1)CCNC2.CC(C)CCCC(=O)Cc1sc2c(c1-c1nc3cc(-n4cnc(Cl)c4)ccc3s1)CCNC2.CC(C)CCCC(=O)Cc1sc2c(c1-c1nc3cc(C4=CCOCC4)ccc3s1)CCNC2.CC[C@@H](C)CCCC(=O)Cc1sc2c(c1-c1nc3cc(C(F)(F)F)ccc3s1)CCNC2. The van der Waals surface area contributed by atoms with Crippen LogP contribution >= 0.6 is 102 Å². The van der Waals surface area contributed by atoms with Gasteiger partial charge in [-0.15, -0.1) is 90.7 Å². The Morgan fingerprint density at radius 1 is 0.469 bits per heavy atom. The molecule has 15 heterocycles. The first kappa shape index (κ1) is 95.1. The highest BCUT2D eigenvalue weighted by Crippen LogP contribution is 2.49. The van der Waals surface area contributed by atoms with E-state index < -0.39 is 11.7 Å². The first-order valence-electron chi connectivity index (χ1n) is 46.0. The minimum atomic E-state index is -4.39. The molecule has 1 atom stereocenters. The number of rotatable bonds is 32. The highest BCUT2D eigenvalue weighted by atomic mass is 35.5. The number of thiophene rings is 4. The molecule has 0 amide bonds. The summed E-state index contributed by atoms with van der Waals surface area (Å²) in [6.45, 7) is 26.4. The molecular weight excluding hydrogens is 1810 g/mol. The zero-order valence-corrected chi connectivity index (χ0v) is 82.5. The fourth-order valence-corrected chi connectivity index (χ4v) is 27.6. The summed E-state index contributed by atoms with van der Waals surface area (Å²) in [4.78, 5) is 89.2. The molecule has 0 fully saturated rings. The first-order valence-corrected chi connectivity index (χ1v) is 52.9. The van der Waals surface area contributed by atoms with Crippen LogP contribution in [0.2, 0.25) is 5.15 Å². The van der Waals surface area contributed by atoms with Crippen molar-refractivity contribution in [2.24, 2.45) is 23.7 Å². The number of ether oxygens (including phenoxy) is 1. The number of carbonyl (C=O) groups excluding carboxylic acids is 4. The molecule has 19 rings (SSSR count). The fraction of sp³-hybridized carbons (Fsp3) is 0.446. The molecule has 0 saturated carbocycles. The van der Waals surface area contributed by atoms with Crippen LogP contribution < -0.4 is 21.3 Å². The van der Waals surface area contributed by atoms with Gasteiger partial charge in [-0.1, -0.05) is 111 Å². The highest BCUT2D eigenvalue weighted by molar-refractivity contribution is 7.24. The smallest absolute Gasteiger partial charge is 0.377 e. The van der Waals surface area contributed by atoms with E-state index in [1.165, 1.54) is 111 Å². The molecule has 0 aliphatic carbocycles. The Morgan fingerprint density at radius 3 is 1.22 bits per heavy atom. The Balaban J connectivity index is 0.000000127. The average molecular weight is 1930 g/mol. The summed E-state index contributed by atoms with van der Waals surface area (Å²) < 4.78 is 53.0. The summed E-state index contributed by atoms with van der Waals surface area (Å²) in [5, 5.41) is 18.2. The van der Waals surface area contributed by atoms with Crippen molar-refractivity contribution in [1.29, 1.82) is 0 Å². The Hall–Kier alpha value is -8.04. The summed E-state index contributed by atoms with van der Waals surface area (Å²) in [7, 11) is 0. The molecule has 684 valence electrons. The lowest BCUT2D eigenvalue weighted by molar-refractivity contribution is -0.137. The summed E-state index contributed by atoms with van der Waals surface area (Å²) in [5.41, 5.74) is 17.4. The van der Waals surface area contributed by atoms with Gasteiger partial charge < -0.3 is 35.1 Å². The lowest BCUT2D eigenvalue weighted by atomic mass is 9.98. The molecule has 10 aromatic heterocycles. The monoisotopic (exact) mass is 1920 g/mol. The van der Waals surface area contributed by atoms with E-state index in [1.807, 2.05) is 26.7 Å². The second-order valence-corrected chi connectivity index (χ2v) is 45.2. The maximum atomic E-state index is 13.1. The molecular formula is C101H114ClF3N12O5S8. The van der Waals surface area contributed by atoms with E-state index in [4.69, 9.17) is 31.3 Å². The molecule has 4 aromatic carbocycles. The Morgan fingerprint density at radius 2 is 0.854 bits per heavy atom. The Bertz CT molecular complexity index is 6370. The van der Waals surface area contributed by atoms with Crippen LogP contribution in [-0.2, 0) is 108 Å². The van der Waals surface area contributed by atoms with E-state index in [0.717, 1.165) is 229 Å². The summed E-state index contributed by atoms with van der Waals surface area (Å²) >= 11 is 19.7. The maximum Gasteiger partial charge on any atom is 0.416 e. The van der Waals surface area contributed by atoms with Crippen molar-refractivity contribution >= 4 is 172 Å². The Labute approximate surface area is 796 Å². The molecule has 29 heteroatoms. The third-order valence-corrected chi connectivity index (χ3v) is 34.0. The van der Waals surface area contributed by atoms with Crippen LogP contribution in [0.5, 0.6) is 0 Å². The van der Waals surface area contributed by atoms with Gasteiger partial charge in [0, 0.05) is 169 Å². The van der Waals surface area contributed by atoms with Gasteiger partial charge in [0.1, 0.15) is 54.6 Å². The van der Waals surface area contributed by atoms with Crippen molar-refractivity contribution in [2.45, 2.75) is 229 Å². The van der Waals surface area contributed by atoms with E-state index in [2.05, 4.69) is 152 Å². The normalized spacial score (nSPS) is 14.7. The number of nitrogens with one attached hydrogen (secondary N) is 4. The van der Waals surface area contributed by atoms with Crippen LogP contribution in [-0.4, -0.2) is 102 Å². The molecule has 0 unspecified atom stereocenters. The number of fused-ring (bicyclic) bond motifs is 8. The van der Waals surface area contributed by atoms with Crippen molar-refractivity contribution in [3.63, 3.8) is 0 Å². The van der Waals surface area contributed by atoms with Crippen LogP contribution in [0, 0.1) is 23.7 Å². The third-order valence-electron chi connectivity index (χ3n) is 24.7. The number of Topliss-reactive ketones (excluding diaryl/α,β-unsaturated/α-hetero) is 4. The first-order chi connectivity index (χ1) is 62.9. The predicted octanol–water partition coefficient (Wildman–Crippen LogP) is 25.7. The van der Waals surface area contributed by atoms with Gasteiger partial charge in [-0.3, -0.25) is 19.2 Å². The molecule has 0 saturated heterocycles. The number of halogens is 4. The molecule has 14 aromatic rings. The van der Waals surface area contributed by atoms with Gasteiger partial charge in [0.15, 0.2) is 0 Å². The second-order valence-electron chi connectivity index (χ2n) is 35.9. The number of aromatic nitrogens is 8. The van der Waals surface area contributed by atoms with E-state index in [0.29, 0.717) is 110 Å². The molecule has 17 nitrogen and oxygen atoms in total. The van der Waals surface area contributed by atoms with Gasteiger partial charge in [-0.05, 0) is 208 Å². The van der Waals surface area contributed by atoms with Gasteiger partial charge in [-0.25, -0.2) is 29.9 Å². The van der Waals surface area contributed by atoms with Gasteiger partial charge >= 0.3 is 6.18 Å². The number of hydrogen-bond acceptors (Lipinski definition) is 23. The number of imidazole rings is 2. The van der Waals surface area contributed by atoms with Crippen LogP contribution in [0.15, 0.2) is 110 Å². The number of benzene rings is 4. The minimum absolute atomic E-state index is 0.224. The maximum absolute atomic E-state index is 13.1. The van der Waals surface area contributed by atoms with Crippen LogP contribution in [0.25, 0.3) is 100 Å². The average Bonchev–Trinajstić information content (AvgIpc) is 1.63. The quantitative estimate of drug-likeness (QED) is 0.0309. The molecule has 4 N–H and O–H groups in total. The van der Waals surface area contributed by atoms with Gasteiger partial charge in [-0.2, -0.15) is 13.2 Å². The van der Waals surface area contributed by atoms with Crippen molar-refractivity contribution in [1.82, 2.24) is 60.3 Å². The fourth-order valence-electron chi connectivity index (χ4n) is 17.6. The topological polar surface area (TPSA) is 213 Å². The van der Waals surface area contributed by atoms with Gasteiger partial charge in [0.05, 0.1) is 66.0 Å². The zero-order valence-electron chi connectivity index (χ0n) is 75.2. The number of carbonyl (C=O) groups is 4. The number of alkyl halides is 3. The van der Waals surface area contributed by atoms with E-state index in [9.17, 15) is 32.3 Å². The van der Waals surface area contributed by atoms with E-state index in [1.54, 1.807) is 93.1 Å². The largest absolute Gasteiger partial charge is 0.416 e. The molecule has 0 spiro atoms. The minimum Gasteiger partial charge on any atom is -0.377 e. The third kappa shape index (κ3) is 23.6. The van der Waals surface area contributed by atoms with E-state index in [-0.39, 0.29) is 5.78 Å². The summed E-state index contributed by atoms with van der Waals surface area (Å²) in [6, 6.07) is 23.0. The number of hydrogen-bond donors (Lipinski definition) is 4. The number of ketones is 4. The standard InChI is InChI=1S/C27H32N2O2S2.C25H27ClN4OS2.C25H28N4OS2.C24H27F3N2OS2/c1-17(2)4-3-5-20(30)15-24-26(21-8-11-28-16-25(21)32-24)27-29-22-14-19(6-7-23(22)33-27)18-9-12-31-13-10-18;1-15(2)4-3-5-17(31)11-21-24(18-8-9-27-12-22(18)32-21)25-29-19-10-16(6-7-20(19)33-25)30-13-23(26)28-14-30;1-16(2)4-3-5-18(30)13-22-24(19-8-9-26-14-23(19)31-22)25-28-20-12-17(6-7-21(20)32-25)29-11-10-27-15-29;1-3-14(2)5-4-6-16(30)12-20-22(17-9-10-28-13-21(17)31-20)23-29-18-11-15(24(25,26)27)7-8-19(18)32-23/h6-7,9,14,17,28H,3-5,8,10-13,15-16H2,1-2H3;6-7,10,13-15,27H,3-5,8-9,11-12H2,1-2H3;6-7,10-12,15-16,26H,3-5,8-9,13-14H2,1-2H3;7-8,11,14,28H,3-6,9-10,12-13H2,1-2H3/t;;;14-/m...1/s1. The number of nitrogens with zero attached hydrogens (tertiary/aromatic N) is 8. The lowest BCUT2D eigenvalue weighted by Gasteiger charge is -2.13. The van der Waals surface area contributed by atoms with Crippen molar-refractivity contribution in [2.75, 3.05) is 39.4 Å². The van der Waals surface area contributed by atoms with Gasteiger partial charge in [0.25, 0.3) is 0 Å². The molecule has 130 heavy (non-hydrogen) atoms. The van der Waals surface area contributed by atoms with Crippen molar-refractivity contribution < 1.29 is 37.1 Å². The van der Waals surface area contributed by atoms with Gasteiger partial charge in [0.2, 0.25) is 0 Å². The molecule has 5 aliphatic rings. The zero-order chi connectivity index (χ0) is 90.7.